The zero-order valence-electron chi connectivity index (χ0n) is 14.5. The van der Waals surface area contributed by atoms with Crippen LogP contribution in [-0.4, -0.2) is 31.8 Å². The van der Waals surface area contributed by atoms with Gasteiger partial charge in [-0.25, -0.2) is 5.43 Å². The number of rotatable bonds is 8. The molecule has 2 aromatic carbocycles. The molecule has 1 amide bonds. The summed E-state index contributed by atoms with van der Waals surface area (Å²) in [4.78, 5) is 14.1. The molecule has 0 aliphatic heterocycles. The van der Waals surface area contributed by atoms with E-state index in [1.54, 1.807) is 12.3 Å². The minimum absolute atomic E-state index is 0.0992. The van der Waals surface area contributed by atoms with Crippen LogP contribution in [0.1, 0.15) is 19.4 Å². The summed E-state index contributed by atoms with van der Waals surface area (Å²) >= 11 is 6.02. The number of para-hydroxylation sites is 1. The first kappa shape index (κ1) is 18.8. The normalized spacial score (nSPS) is 10.7. The molecule has 0 saturated carbocycles. The molecule has 0 unspecified atom stereocenters. The molecular formula is C19H23ClN4O. The number of hydrogen-bond donors (Lipinski definition) is 2. The van der Waals surface area contributed by atoms with E-state index in [-0.39, 0.29) is 12.5 Å². The van der Waals surface area contributed by atoms with Gasteiger partial charge in [-0.3, -0.25) is 4.79 Å². The summed E-state index contributed by atoms with van der Waals surface area (Å²) in [7, 11) is 0. The summed E-state index contributed by atoms with van der Waals surface area (Å²) in [5, 5.41) is 7.53. The van der Waals surface area contributed by atoms with E-state index in [4.69, 9.17) is 11.6 Å². The fourth-order valence-electron chi connectivity index (χ4n) is 2.36. The Balaban J connectivity index is 1.82. The molecule has 2 N–H and O–H groups in total. The molecule has 0 aliphatic rings. The molecule has 0 bridgehead atoms. The van der Waals surface area contributed by atoms with E-state index in [0.29, 0.717) is 5.02 Å². The second kappa shape index (κ2) is 9.69. The highest BCUT2D eigenvalue weighted by atomic mass is 35.5. The zero-order chi connectivity index (χ0) is 18.1. The fourth-order valence-corrected chi connectivity index (χ4v) is 2.56. The van der Waals surface area contributed by atoms with Crippen LogP contribution in [-0.2, 0) is 4.79 Å². The van der Waals surface area contributed by atoms with Gasteiger partial charge in [0, 0.05) is 18.8 Å². The molecule has 5 nitrogen and oxygen atoms in total. The second-order valence-electron chi connectivity index (χ2n) is 5.39. The predicted octanol–water partition coefficient (Wildman–Crippen LogP) is 3.75. The Hall–Kier alpha value is -2.53. The van der Waals surface area contributed by atoms with Gasteiger partial charge in [0.2, 0.25) is 0 Å². The minimum Gasteiger partial charge on any atom is -0.375 e. The van der Waals surface area contributed by atoms with Gasteiger partial charge in [-0.2, -0.15) is 5.10 Å². The van der Waals surface area contributed by atoms with Crippen LogP contribution >= 0.6 is 11.6 Å². The van der Waals surface area contributed by atoms with Crippen molar-refractivity contribution in [3.63, 3.8) is 0 Å². The van der Waals surface area contributed by atoms with Crippen molar-refractivity contribution in [3.05, 3.63) is 59.1 Å². The lowest BCUT2D eigenvalue weighted by molar-refractivity contribution is -0.119. The number of carbonyl (C=O) groups excluding carboxylic acids is 1. The van der Waals surface area contributed by atoms with Crippen LogP contribution in [0.5, 0.6) is 0 Å². The van der Waals surface area contributed by atoms with Gasteiger partial charge in [0.15, 0.2) is 0 Å². The van der Waals surface area contributed by atoms with Crippen molar-refractivity contribution in [1.29, 1.82) is 0 Å². The van der Waals surface area contributed by atoms with E-state index in [1.807, 2.05) is 30.3 Å². The highest BCUT2D eigenvalue weighted by Crippen LogP contribution is 2.19. The number of carbonyl (C=O) groups is 1. The SMILES string of the molecule is CCN(CC)c1ccc(/C=N/NC(=O)CNc2ccccc2Cl)cc1. The van der Waals surface area contributed by atoms with Crippen molar-refractivity contribution < 1.29 is 4.79 Å². The largest absolute Gasteiger partial charge is 0.375 e. The van der Waals surface area contributed by atoms with Crippen molar-refractivity contribution in [2.45, 2.75) is 13.8 Å². The Morgan fingerprint density at radius 3 is 2.44 bits per heavy atom. The highest BCUT2D eigenvalue weighted by molar-refractivity contribution is 6.33. The Kier molecular flexibility index (Phi) is 7.29. The number of halogens is 1. The topological polar surface area (TPSA) is 56.7 Å². The molecular weight excluding hydrogens is 336 g/mol. The zero-order valence-corrected chi connectivity index (χ0v) is 15.3. The predicted molar refractivity (Wildman–Crippen MR) is 106 cm³/mol. The lowest BCUT2D eigenvalue weighted by Gasteiger charge is -2.20. The van der Waals surface area contributed by atoms with Crippen LogP contribution < -0.4 is 15.6 Å². The Morgan fingerprint density at radius 2 is 1.80 bits per heavy atom. The lowest BCUT2D eigenvalue weighted by Crippen LogP contribution is -2.26. The van der Waals surface area contributed by atoms with Gasteiger partial charge in [0.25, 0.3) is 5.91 Å². The van der Waals surface area contributed by atoms with Crippen LogP contribution in [0.2, 0.25) is 5.02 Å². The van der Waals surface area contributed by atoms with Crippen LogP contribution in [0, 0.1) is 0 Å². The van der Waals surface area contributed by atoms with Crippen molar-refractivity contribution in [3.8, 4) is 0 Å². The number of hydrazone groups is 1. The standard InChI is InChI=1S/C19H23ClN4O/c1-3-24(4-2)16-11-9-15(10-12-16)13-22-23-19(25)14-21-18-8-6-5-7-17(18)20/h5-13,21H,3-4,14H2,1-2H3,(H,23,25)/b22-13+. The van der Waals surface area contributed by atoms with Crippen LogP contribution in [0.3, 0.4) is 0 Å². The maximum atomic E-state index is 11.8. The Labute approximate surface area is 153 Å². The van der Waals surface area contributed by atoms with Gasteiger partial charge in [-0.1, -0.05) is 35.9 Å². The molecule has 25 heavy (non-hydrogen) atoms. The number of nitrogens with one attached hydrogen (secondary N) is 2. The summed E-state index contributed by atoms with van der Waals surface area (Å²) in [5.41, 5.74) is 5.32. The van der Waals surface area contributed by atoms with Gasteiger partial charge < -0.3 is 10.2 Å². The maximum absolute atomic E-state index is 11.8. The first-order valence-corrected chi connectivity index (χ1v) is 8.67. The van der Waals surface area contributed by atoms with Gasteiger partial charge in [0.1, 0.15) is 0 Å². The van der Waals surface area contributed by atoms with Crippen LogP contribution in [0.15, 0.2) is 53.6 Å². The number of hydrogen-bond acceptors (Lipinski definition) is 4. The van der Waals surface area contributed by atoms with E-state index >= 15 is 0 Å². The average molecular weight is 359 g/mol. The van der Waals surface area contributed by atoms with E-state index in [9.17, 15) is 4.79 Å². The van der Waals surface area contributed by atoms with Crippen molar-refractivity contribution >= 4 is 35.1 Å². The summed E-state index contributed by atoms with van der Waals surface area (Å²) in [6, 6.07) is 15.3. The monoisotopic (exact) mass is 358 g/mol. The maximum Gasteiger partial charge on any atom is 0.259 e. The van der Waals surface area contributed by atoms with Gasteiger partial charge in [0.05, 0.1) is 23.5 Å². The molecule has 0 radical (unpaired) electrons. The van der Waals surface area contributed by atoms with Gasteiger partial charge in [-0.15, -0.1) is 0 Å². The Morgan fingerprint density at radius 1 is 1.12 bits per heavy atom. The lowest BCUT2D eigenvalue weighted by atomic mass is 10.2. The third-order valence-corrected chi connectivity index (χ3v) is 4.07. The molecule has 0 heterocycles. The molecule has 0 aliphatic carbocycles. The van der Waals surface area contributed by atoms with Crippen molar-refractivity contribution in [2.75, 3.05) is 29.9 Å². The van der Waals surface area contributed by atoms with E-state index < -0.39 is 0 Å². The molecule has 2 rings (SSSR count). The van der Waals surface area contributed by atoms with Crippen molar-refractivity contribution in [2.24, 2.45) is 5.10 Å². The molecule has 0 spiro atoms. The third-order valence-electron chi connectivity index (χ3n) is 3.74. The highest BCUT2D eigenvalue weighted by Gasteiger charge is 2.03. The van der Waals surface area contributed by atoms with Gasteiger partial charge >= 0.3 is 0 Å². The number of benzene rings is 2. The van der Waals surface area contributed by atoms with E-state index in [2.05, 4.69) is 46.7 Å². The number of amides is 1. The second-order valence-corrected chi connectivity index (χ2v) is 5.80. The molecule has 0 atom stereocenters. The van der Waals surface area contributed by atoms with Crippen LogP contribution in [0.4, 0.5) is 11.4 Å². The fraction of sp³-hybridized carbons (Fsp3) is 0.263. The van der Waals surface area contributed by atoms with Gasteiger partial charge in [-0.05, 0) is 43.7 Å². The van der Waals surface area contributed by atoms with Crippen molar-refractivity contribution in [1.82, 2.24) is 5.43 Å². The number of anilines is 2. The minimum atomic E-state index is -0.240. The molecule has 2 aromatic rings. The summed E-state index contributed by atoms with van der Waals surface area (Å²) in [5.74, 6) is -0.240. The average Bonchev–Trinajstić information content (AvgIpc) is 2.63. The quantitative estimate of drug-likeness (QED) is 0.558. The summed E-state index contributed by atoms with van der Waals surface area (Å²) in [6.07, 6.45) is 1.62. The number of nitrogens with zero attached hydrogens (tertiary/aromatic N) is 2. The summed E-state index contributed by atoms with van der Waals surface area (Å²) in [6.45, 7) is 6.30. The molecule has 132 valence electrons. The first-order chi connectivity index (χ1) is 12.1. The molecule has 0 fully saturated rings. The molecule has 0 aromatic heterocycles. The van der Waals surface area contributed by atoms with Crippen LogP contribution in [0.25, 0.3) is 0 Å². The molecule has 6 heteroatoms. The smallest absolute Gasteiger partial charge is 0.259 e. The third kappa shape index (κ3) is 5.80. The van der Waals surface area contributed by atoms with E-state index in [1.165, 1.54) is 5.69 Å². The summed E-state index contributed by atoms with van der Waals surface area (Å²) < 4.78 is 0. The Bertz CT molecular complexity index is 712. The van der Waals surface area contributed by atoms with E-state index in [0.717, 1.165) is 24.3 Å². The first-order valence-electron chi connectivity index (χ1n) is 8.29. The molecule has 0 saturated heterocycles.